The minimum absolute atomic E-state index is 1.25. The van der Waals surface area contributed by atoms with Gasteiger partial charge in [0.15, 0.2) is 0 Å². The Bertz CT molecular complexity index is 3800. The maximum absolute atomic E-state index is 2.46. The van der Waals surface area contributed by atoms with Crippen molar-refractivity contribution in [3.05, 3.63) is 194 Å². The van der Waals surface area contributed by atoms with Crippen LogP contribution in [-0.4, -0.2) is 0 Å². The molecule has 58 heavy (non-hydrogen) atoms. The SMILES string of the molecule is c1ccc2c(-c3c4ccccc4c(-c4ccc(-c5ccc6sc7ccc8sc9c%10ccccc%10ccc9c8c7c6c5)c5ccccc45)c4ccccc34)cccc2c1. The molecule has 0 saturated heterocycles. The van der Waals surface area contributed by atoms with Crippen molar-refractivity contribution >= 4 is 117 Å². The van der Waals surface area contributed by atoms with Crippen molar-refractivity contribution in [2.75, 3.05) is 0 Å². The predicted molar refractivity (Wildman–Crippen MR) is 256 cm³/mol. The van der Waals surface area contributed by atoms with Gasteiger partial charge in [-0.05, 0) is 112 Å². The summed E-state index contributed by atoms with van der Waals surface area (Å²) in [7, 11) is 0. The van der Waals surface area contributed by atoms with E-state index in [1.54, 1.807) is 0 Å². The Morgan fingerprint density at radius 2 is 0.741 bits per heavy atom. The van der Waals surface area contributed by atoms with Crippen LogP contribution >= 0.6 is 22.7 Å². The fraction of sp³-hybridized carbons (Fsp3) is 0. The van der Waals surface area contributed by atoms with Gasteiger partial charge in [0.05, 0.1) is 0 Å². The van der Waals surface area contributed by atoms with Crippen LogP contribution < -0.4 is 0 Å². The van der Waals surface area contributed by atoms with Gasteiger partial charge in [-0.3, -0.25) is 0 Å². The number of rotatable bonds is 3. The molecule has 0 nitrogen and oxygen atoms in total. The summed E-state index contributed by atoms with van der Waals surface area (Å²) in [6.45, 7) is 0. The van der Waals surface area contributed by atoms with Crippen molar-refractivity contribution in [2.45, 2.75) is 0 Å². The molecule has 0 aliphatic rings. The lowest BCUT2D eigenvalue weighted by atomic mass is 9.83. The first kappa shape index (κ1) is 32.3. The summed E-state index contributed by atoms with van der Waals surface area (Å²) in [5.74, 6) is 0. The minimum atomic E-state index is 1.25. The second kappa shape index (κ2) is 12.3. The fourth-order valence-electron chi connectivity index (χ4n) is 9.95. The minimum Gasteiger partial charge on any atom is -0.135 e. The number of hydrogen-bond donors (Lipinski definition) is 0. The molecule has 13 aromatic rings. The van der Waals surface area contributed by atoms with E-state index in [4.69, 9.17) is 0 Å². The van der Waals surface area contributed by atoms with Gasteiger partial charge in [0.25, 0.3) is 0 Å². The Labute approximate surface area is 342 Å². The van der Waals surface area contributed by atoms with Gasteiger partial charge < -0.3 is 0 Å². The monoisotopic (exact) mass is 768 g/mol. The van der Waals surface area contributed by atoms with Crippen LogP contribution in [0, 0.1) is 0 Å². The summed E-state index contributed by atoms with van der Waals surface area (Å²) >= 11 is 3.83. The summed E-state index contributed by atoms with van der Waals surface area (Å²) in [4.78, 5) is 0. The van der Waals surface area contributed by atoms with Crippen LogP contribution in [0.15, 0.2) is 194 Å². The van der Waals surface area contributed by atoms with Crippen molar-refractivity contribution in [1.82, 2.24) is 0 Å². The van der Waals surface area contributed by atoms with Gasteiger partial charge in [-0.1, -0.05) is 170 Å². The van der Waals surface area contributed by atoms with Crippen LogP contribution in [0.1, 0.15) is 0 Å². The Morgan fingerprint density at radius 3 is 1.43 bits per heavy atom. The third-order valence-electron chi connectivity index (χ3n) is 12.5. The van der Waals surface area contributed by atoms with E-state index in [1.165, 1.54) is 128 Å². The molecular weight excluding hydrogens is 737 g/mol. The van der Waals surface area contributed by atoms with Gasteiger partial charge in [-0.25, -0.2) is 0 Å². The van der Waals surface area contributed by atoms with Crippen LogP contribution in [0.2, 0.25) is 0 Å². The Balaban J connectivity index is 1.05. The van der Waals surface area contributed by atoms with Gasteiger partial charge in [-0.15, -0.1) is 22.7 Å². The zero-order chi connectivity index (χ0) is 37.9. The van der Waals surface area contributed by atoms with Gasteiger partial charge in [0.2, 0.25) is 0 Å². The molecule has 0 radical (unpaired) electrons. The van der Waals surface area contributed by atoms with E-state index in [9.17, 15) is 0 Å². The molecule has 2 heteroatoms. The molecular formula is C56H32S2. The van der Waals surface area contributed by atoms with Crippen molar-refractivity contribution in [3.63, 3.8) is 0 Å². The van der Waals surface area contributed by atoms with Crippen molar-refractivity contribution in [3.8, 4) is 33.4 Å². The second-order valence-electron chi connectivity index (χ2n) is 15.5. The molecule has 0 N–H and O–H groups in total. The lowest BCUT2D eigenvalue weighted by Gasteiger charge is -2.20. The maximum atomic E-state index is 2.46. The Morgan fingerprint density at radius 1 is 0.259 bits per heavy atom. The normalized spacial score (nSPS) is 12.1. The van der Waals surface area contributed by atoms with E-state index < -0.39 is 0 Å². The average molecular weight is 769 g/mol. The smallest absolute Gasteiger partial charge is 0.0434 e. The summed E-state index contributed by atoms with van der Waals surface area (Å²) in [6, 6.07) is 72.5. The topological polar surface area (TPSA) is 0 Å². The molecule has 0 amide bonds. The lowest BCUT2D eigenvalue weighted by Crippen LogP contribution is -1.93. The highest BCUT2D eigenvalue weighted by molar-refractivity contribution is 7.28. The molecule has 11 aromatic carbocycles. The number of fused-ring (bicyclic) bond motifs is 13. The third kappa shape index (κ3) is 4.56. The van der Waals surface area contributed by atoms with Crippen LogP contribution in [0.5, 0.6) is 0 Å². The molecule has 13 rings (SSSR count). The highest BCUT2D eigenvalue weighted by Gasteiger charge is 2.21. The molecule has 0 unspecified atom stereocenters. The summed E-state index contributed by atoms with van der Waals surface area (Å²) < 4.78 is 5.41. The predicted octanol–water partition coefficient (Wildman–Crippen LogP) is 17.2. The van der Waals surface area contributed by atoms with E-state index in [2.05, 4.69) is 194 Å². The van der Waals surface area contributed by atoms with Crippen LogP contribution in [-0.2, 0) is 0 Å². The van der Waals surface area contributed by atoms with Gasteiger partial charge >= 0.3 is 0 Å². The fourth-order valence-corrected chi connectivity index (χ4v) is 12.3. The zero-order valence-corrected chi connectivity index (χ0v) is 32.9. The van der Waals surface area contributed by atoms with Crippen LogP contribution in [0.4, 0.5) is 0 Å². The third-order valence-corrected chi connectivity index (χ3v) is 14.8. The van der Waals surface area contributed by atoms with Crippen molar-refractivity contribution in [1.29, 1.82) is 0 Å². The Hall–Kier alpha value is -6.84. The molecule has 268 valence electrons. The number of thiophene rings is 2. The van der Waals surface area contributed by atoms with Gasteiger partial charge in [-0.2, -0.15) is 0 Å². The van der Waals surface area contributed by atoms with Crippen LogP contribution in [0.25, 0.3) is 128 Å². The second-order valence-corrected chi connectivity index (χ2v) is 17.6. The van der Waals surface area contributed by atoms with E-state index in [0.29, 0.717) is 0 Å². The molecule has 0 aliphatic carbocycles. The summed E-state index contributed by atoms with van der Waals surface area (Å²) in [5.41, 5.74) is 7.63. The first-order chi connectivity index (χ1) is 28.8. The first-order valence-corrected chi connectivity index (χ1v) is 21.6. The quantitative estimate of drug-likeness (QED) is 0.157. The highest BCUT2D eigenvalue weighted by Crippen LogP contribution is 2.50. The van der Waals surface area contributed by atoms with Crippen LogP contribution in [0.3, 0.4) is 0 Å². The standard InChI is InChI=1S/C56H32S2/c1-3-15-36-33(12-1)14-11-23-41(36)52-42-19-7-9-21-44(42)53(45-22-10-8-20-43(45)52)46-28-27-37(39-17-5-6-18-40(39)46)35-25-29-49-48(32-35)55-50(57-49)30-31-51-54(55)47-26-24-34-13-2-4-16-38(34)56(47)58-51/h1-32H. The molecule has 0 spiro atoms. The van der Waals surface area contributed by atoms with Crippen molar-refractivity contribution < 1.29 is 0 Å². The summed E-state index contributed by atoms with van der Waals surface area (Å²) in [6.07, 6.45) is 0. The van der Waals surface area contributed by atoms with E-state index >= 15 is 0 Å². The molecule has 0 fully saturated rings. The molecule has 0 atom stereocenters. The lowest BCUT2D eigenvalue weighted by molar-refractivity contribution is 1.67. The number of hydrogen-bond acceptors (Lipinski definition) is 2. The highest BCUT2D eigenvalue weighted by atomic mass is 32.1. The van der Waals surface area contributed by atoms with Gasteiger partial charge in [0.1, 0.15) is 0 Å². The summed E-state index contributed by atoms with van der Waals surface area (Å²) in [5, 5.41) is 18.3. The number of benzene rings is 11. The average Bonchev–Trinajstić information content (AvgIpc) is 3.86. The molecule has 2 aromatic heterocycles. The van der Waals surface area contributed by atoms with Gasteiger partial charge in [0, 0.05) is 40.3 Å². The molecule has 0 bridgehead atoms. The van der Waals surface area contributed by atoms with Crippen molar-refractivity contribution in [2.24, 2.45) is 0 Å². The molecule has 0 aliphatic heterocycles. The molecule has 2 heterocycles. The van der Waals surface area contributed by atoms with E-state index in [0.717, 1.165) is 0 Å². The largest absolute Gasteiger partial charge is 0.135 e. The first-order valence-electron chi connectivity index (χ1n) is 19.9. The van der Waals surface area contributed by atoms with E-state index in [-0.39, 0.29) is 0 Å². The van der Waals surface area contributed by atoms with E-state index in [1.807, 2.05) is 22.7 Å². The molecule has 0 saturated carbocycles. The maximum Gasteiger partial charge on any atom is 0.0434 e. The Kier molecular flexibility index (Phi) is 6.86. The zero-order valence-electron chi connectivity index (χ0n) is 31.3.